The van der Waals surface area contributed by atoms with Gasteiger partial charge < -0.3 is 15.0 Å². The summed E-state index contributed by atoms with van der Waals surface area (Å²) in [7, 11) is 3.34. The summed E-state index contributed by atoms with van der Waals surface area (Å²) in [6.45, 7) is 0.594. The summed E-state index contributed by atoms with van der Waals surface area (Å²) in [5, 5.41) is 3.74. The van der Waals surface area contributed by atoms with Gasteiger partial charge in [0.2, 0.25) is 0 Å². The van der Waals surface area contributed by atoms with Crippen LogP contribution in [0.3, 0.4) is 0 Å². The molecule has 0 atom stereocenters. The molecule has 0 bridgehead atoms. The van der Waals surface area contributed by atoms with Gasteiger partial charge in [0, 0.05) is 43.6 Å². The molecule has 0 radical (unpaired) electrons. The lowest BCUT2D eigenvalue weighted by Crippen LogP contribution is -2.29. The van der Waals surface area contributed by atoms with Gasteiger partial charge in [0.1, 0.15) is 11.4 Å². The molecule has 2 aromatic heterocycles. The van der Waals surface area contributed by atoms with Crippen LogP contribution in [0.25, 0.3) is 0 Å². The molecule has 0 aliphatic carbocycles. The molecule has 3 rings (SSSR count). The minimum Gasteiger partial charge on any atom is -0.495 e. The molecular weight excluding hydrogens is 376 g/mol. The monoisotopic (exact) mass is 396 g/mol. The lowest BCUT2D eigenvalue weighted by atomic mass is 10.2. The molecule has 0 spiro atoms. The molecule has 0 fully saturated rings. The van der Waals surface area contributed by atoms with Crippen molar-refractivity contribution in [1.29, 1.82) is 0 Å². The topological polar surface area (TPSA) is 67.3 Å². The lowest BCUT2D eigenvalue weighted by molar-refractivity contribution is 0.0791. The van der Waals surface area contributed by atoms with Gasteiger partial charge in [0.25, 0.3) is 5.91 Å². The van der Waals surface area contributed by atoms with Crippen molar-refractivity contribution in [1.82, 2.24) is 14.9 Å². The number of pyridine rings is 2. The second kappa shape index (κ2) is 9.19. The maximum Gasteiger partial charge on any atom is 0.272 e. The summed E-state index contributed by atoms with van der Waals surface area (Å²) in [5.41, 5.74) is 3.06. The number of hydrogen-bond donors (Lipinski definition) is 1. The highest BCUT2D eigenvalue weighted by atomic mass is 35.5. The van der Waals surface area contributed by atoms with E-state index in [1.54, 1.807) is 61.9 Å². The Morgan fingerprint density at radius 1 is 1.11 bits per heavy atom. The zero-order chi connectivity index (χ0) is 19.9. The van der Waals surface area contributed by atoms with Crippen molar-refractivity contribution in [2.45, 2.75) is 6.42 Å². The molecule has 0 unspecified atom stereocenters. The third kappa shape index (κ3) is 4.98. The quantitative estimate of drug-likeness (QED) is 0.648. The van der Waals surface area contributed by atoms with Crippen LogP contribution in [0.5, 0.6) is 5.75 Å². The number of rotatable bonds is 7. The molecule has 1 N–H and O–H groups in total. The molecule has 0 saturated heterocycles. The predicted octanol–water partition coefficient (Wildman–Crippen LogP) is 4.20. The van der Waals surface area contributed by atoms with Gasteiger partial charge in [-0.05, 0) is 54.4 Å². The molecule has 0 saturated carbocycles. The maximum absolute atomic E-state index is 12.7. The number of carbonyl (C=O) groups excluding carboxylic acids is 1. The van der Waals surface area contributed by atoms with E-state index in [4.69, 9.17) is 16.3 Å². The second-order valence-electron chi connectivity index (χ2n) is 6.24. The first-order valence-electron chi connectivity index (χ1n) is 8.78. The average Bonchev–Trinajstić information content (AvgIpc) is 2.72. The number of nitrogens with one attached hydrogen (secondary N) is 1. The third-order valence-corrected chi connectivity index (χ3v) is 4.55. The van der Waals surface area contributed by atoms with Gasteiger partial charge >= 0.3 is 0 Å². The Morgan fingerprint density at radius 2 is 1.86 bits per heavy atom. The van der Waals surface area contributed by atoms with Crippen LogP contribution in [0.1, 0.15) is 16.1 Å². The number of nitrogens with zero attached hydrogens (tertiary/aromatic N) is 3. The van der Waals surface area contributed by atoms with E-state index >= 15 is 0 Å². The smallest absolute Gasteiger partial charge is 0.272 e. The van der Waals surface area contributed by atoms with E-state index < -0.39 is 0 Å². The first kappa shape index (κ1) is 19.6. The molecule has 28 heavy (non-hydrogen) atoms. The van der Waals surface area contributed by atoms with Crippen molar-refractivity contribution >= 4 is 28.9 Å². The molecule has 1 aromatic carbocycles. The largest absolute Gasteiger partial charge is 0.495 e. The first-order valence-corrected chi connectivity index (χ1v) is 9.15. The van der Waals surface area contributed by atoms with Crippen LogP contribution < -0.4 is 10.1 Å². The van der Waals surface area contributed by atoms with Crippen LogP contribution in [-0.4, -0.2) is 41.5 Å². The minimum atomic E-state index is -0.134. The highest BCUT2D eigenvalue weighted by Crippen LogP contribution is 2.28. The number of likely N-dealkylation sites (N-methyl/N-ethyl adjacent to an activating group) is 1. The van der Waals surface area contributed by atoms with Crippen LogP contribution in [0.15, 0.2) is 61.1 Å². The zero-order valence-corrected chi connectivity index (χ0v) is 16.5. The fourth-order valence-corrected chi connectivity index (χ4v) is 2.94. The second-order valence-corrected chi connectivity index (χ2v) is 6.64. The van der Waals surface area contributed by atoms with Gasteiger partial charge in [-0.15, -0.1) is 0 Å². The molecule has 7 heteroatoms. The number of methoxy groups -OCH3 is 1. The first-order chi connectivity index (χ1) is 13.6. The van der Waals surface area contributed by atoms with Crippen LogP contribution >= 0.6 is 11.6 Å². The summed E-state index contributed by atoms with van der Waals surface area (Å²) in [6, 6.07) is 12.8. The van der Waals surface area contributed by atoms with Gasteiger partial charge in [0.05, 0.1) is 12.1 Å². The fraction of sp³-hybridized carbons (Fsp3) is 0.190. The molecular formula is C21H21ClN4O2. The van der Waals surface area contributed by atoms with Crippen molar-refractivity contribution < 1.29 is 9.53 Å². The van der Waals surface area contributed by atoms with E-state index in [-0.39, 0.29) is 5.91 Å². The molecule has 1 amide bonds. The van der Waals surface area contributed by atoms with Crippen LogP contribution in [0.2, 0.25) is 5.02 Å². The molecule has 0 aliphatic rings. The number of hydrogen-bond acceptors (Lipinski definition) is 5. The summed E-state index contributed by atoms with van der Waals surface area (Å²) in [6.07, 6.45) is 5.86. The van der Waals surface area contributed by atoms with Gasteiger partial charge in [-0.25, -0.2) is 0 Å². The number of carbonyl (C=O) groups is 1. The van der Waals surface area contributed by atoms with Gasteiger partial charge in [-0.1, -0.05) is 11.6 Å². The minimum absolute atomic E-state index is 0.134. The predicted molar refractivity (Wildman–Crippen MR) is 110 cm³/mol. The number of anilines is 2. The van der Waals surface area contributed by atoms with E-state index in [1.165, 1.54) is 0 Å². The molecule has 2 heterocycles. The molecule has 3 aromatic rings. The van der Waals surface area contributed by atoms with Crippen LogP contribution in [-0.2, 0) is 6.42 Å². The van der Waals surface area contributed by atoms with Gasteiger partial charge in [-0.3, -0.25) is 14.8 Å². The van der Waals surface area contributed by atoms with Crippen molar-refractivity contribution in [3.8, 4) is 5.75 Å². The van der Waals surface area contributed by atoms with Crippen LogP contribution in [0, 0.1) is 0 Å². The molecule has 6 nitrogen and oxygen atoms in total. The van der Waals surface area contributed by atoms with Crippen molar-refractivity contribution in [2.75, 3.05) is 26.0 Å². The van der Waals surface area contributed by atoms with E-state index in [0.29, 0.717) is 23.0 Å². The summed E-state index contributed by atoms with van der Waals surface area (Å²) >= 11 is 6.16. The Hall–Kier alpha value is -3.12. The summed E-state index contributed by atoms with van der Waals surface area (Å²) in [4.78, 5) is 22.6. The van der Waals surface area contributed by atoms with Gasteiger partial charge in [0.15, 0.2) is 0 Å². The zero-order valence-electron chi connectivity index (χ0n) is 15.7. The number of halogens is 1. The van der Waals surface area contributed by atoms with Gasteiger partial charge in [-0.2, -0.15) is 0 Å². The number of aromatic nitrogens is 2. The lowest BCUT2D eigenvalue weighted by Gasteiger charge is -2.17. The number of amides is 1. The standard InChI is InChI=1S/C21H21ClN4O2/c1-26(12-8-15-5-9-23-10-6-15)21(27)19-14-17(7-11-24-19)25-16-3-4-20(28-2)18(22)13-16/h3-7,9-11,13-14H,8,12H2,1-2H3,(H,24,25). The van der Waals surface area contributed by atoms with Crippen molar-refractivity contribution in [3.05, 3.63) is 77.3 Å². The summed E-state index contributed by atoms with van der Waals surface area (Å²) in [5.74, 6) is 0.471. The normalized spacial score (nSPS) is 10.4. The van der Waals surface area contributed by atoms with E-state index in [9.17, 15) is 4.79 Å². The fourth-order valence-electron chi connectivity index (χ4n) is 2.68. The van der Waals surface area contributed by atoms with E-state index in [0.717, 1.165) is 23.4 Å². The van der Waals surface area contributed by atoms with Crippen molar-refractivity contribution in [3.63, 3.8) is 0 Å². The van der Waals surface area contributed by atoms with Crippen molar-refractivity contribution in [2.24, 2.45) is 0 Å². The third-order valence-electron chi connectivity index (χ3n) is 4.25. The molecule has 144 valence electrons. The highest BCUT2D eigenvalue weighted by Gasteiger charge is 2.14. The number of benzene rings is 1. The maximum atomic E-state index is 12.7. The average molecular weight is 397 g/mol. The number of ether oxygens (including phenoxy) is 1. The van der Waals surface area contributed by atoms with E-state index in [1.807, 2.05) is 18.2 Å². The van der Waals surface area contributed by atoms with E-state index in [2.05, 4.69) is 15.3 Å². The Morgan fingerprint density at radius 3 is 2.57 bits per heavy atom. The Kier molecular flexibility index (Phi) is 6.45. The molecule has 0 aliphatic heterocycles. The Labute approximate surface area is 169 Å². The summed E-state index contributed by atoms with van der Waals surface area (Å²) < 4.78 is 5.16. The van der Waals surface area contributed by atoms with Crippen LogP contribution in [0.4, 0.5) is 11.4 Å². The Bertz CT molecular complexity index is 950. The Balaban J connectivity index is 1.66. The highest BCUT2D eigenvalue weighted by molar-refractivity contribution is 6.32. The SMILES string of the molecule is COc1ccc(Nc2ccnc(C(=O)N(C)CCc3ccncc3)c2)cc1Cl.